The van der Waals surface area contributed by atoms with Gasteiger partial charge in [0.25, 0.3) is 0 Å². The SMILES string of the molecule is C=C(OCC1CO1)c1ccc(N(c2ccc(CC)cc2)c2ccc(-c3ccc(N(c4ccc(CC)cc4)c4ccc(CCOCC5CO5)cc4)cc3C)c(C)c2)cc1. The number of rotatable bonds is 18. The van der Waals surface area contributed by atoms with Crippen molar-refractivity contribution in [1.82, 2.24) is 0 Å². The first-order chi connectivity index (χ1) is 28.4. The first-order valence-corrected chi connectivity index (χ1v) is 20.7. The number of nitrogens with zero attached hydrogens (tertiary/aromatic N) is 2. The summed E-state index contributed by atoms with van der Waals surface area (Å²) in [5.41, 5.74) is 16.4. The Balaban J connectivity index is 1.07. The van der Waals surface area contributed by atoms with Gasteiger partial charge in [-0.15, -0.1) is 0 Å². The lowest BCUT2D eigenvalue weighted by atomic mass is 9.95. The fourth-order valence-corrected chi connectivity index (χ4v) is 7.45. The Labute approximate surface area is 344 Å². The molecule has 6 aromatic rings. The largest absolute Gasteiger partial charge is 0.491 e. The molecule has 2 unspecified atom stereocenters. The van der Waals surface area contributed by atoms with Gasteiger partial charge in [0, 0.05) is 39.7 Å². The van der Waals surface area contributed by atoms with E-state index in [2.05, 4.69) is 178 Å². The van der Waals surface area contributed by atoms with Gasteiger partial charge in [0.05, 0.1) is 26.4 Å². The summed E-state index contributed by atoms with van der Waals surface area (Å²) in [6.07, 6.45) is 3.37. The maximum Gasteiger partial charge on any atom is 0.119 e. The molecule has 0 bridgehead atoms. The lowest BCUT2D eigenvalue weighted by Gasteiger charge is -2.28. The molecule has 2 aliphatic rings. The van der Waals surface area contributed by atoms with Crippen molar-refractivity contribution in [1.29, 1.82) is 0 Å². The van der Waals surface area contributed by atoms with Crippen LogP contribution in [0.5, 0.6) is 0 Å². The number of epoxide rings is 2. The third-order valence-corrected chi connectivity index (χ3v) is 11.2. The Morgan fingerprint density at radius 2 is 0.948 bits per heavy atom. The number of benzene rings is 6. The fourth-order valence-electron chi connectivity index (χ4n) is 7.45. The van der Waals surface area contributed by atoms with Gasteiger partial charge in [-0.2, -0.15) is 0 Å². The zero-order valence-corrected chi connectivity index (χ0v) is 34.2. The van der Waals surface area contributed by atoms with Crippen LogP contribution >= 0.6 is 0 Å². The summed E-state index contributed by atoms with van der Waals surface area (Å²) in [5.74, 6) is 0.662. The molecule has 2 atom stereocenters. The van der Waals surface area contributed by atoms with Crippen molar-refractivity contribution in [2.75, 3.05) is 42.8 Å². The molecular weight excluding hydrogens is 717 g/mol. The first-order valence-electron chi connectivity index (χ1n) is 20.7. The van der Waals surface area contributed by atoms with Gasteiger partial charge in [-0.3, -0.25) is 0 Å². The molecule has 0 amide bonds. The van der Waals surface area contributed by atoms with E-state index in [9.17, 15) is 0 Å². The Kier molecular flexibility index (Phi) is 12.1. The van der Waals surface area contributed by atoms with E-state index < -0.39 is 0 Å². The second-order valence-corrected chi connectivity index (χ2v) is 15.4. The number of hydrogen-bond acceptors (Lipinski definition) is 6. The van der Waals surface area contributed by atoms with E-state index in [1.54, 1.807) is 0 Å². The van der Waals surface area contributed by atoms with Gasteiger partial charge in [-0.05, 0) is 157 Å². The van der Waals surface area contributed by atoms with Crippen molar-refractivity contribution in [2.45, 2.75) is 59.2 Å². The summed E-state index contributed by atoms with van der Waals surface area (Å²) in [6.45, 7) is 16.5. The summed E-state index contributed by atoms with van der Waals surface area (Å²) in [6, 6.07) is 48.8. The van der Waals surface area contributed by atoms with Crippen molar-refractivity contribution in [3.05, 3.63) is 173 Å². The molecule has 0 aromatic heterocycles. The van der Waals surface area contributed by atoms with Crippen LogP contribution in [0.4, 0.5) is 34.1 Å². The molecule has 6 nitrogen and oxygen atoms in total. The Morgan fingerprint density at radius 1 is 0.552 bits per heavy atom. The van der Waals surface area contributed by atoms with E-state index in [0.717, 1.165) is 72.2 Å². The van der Waals surface area contributed by atoms with Gasteiger partial charge in [-0.1, -0.05) is 69.0 Å². The second kappa shape index (κ2) is 17.9. The van der Waals surface area contributed by atoms with Crippen LogP contribution in [-0.2, 0) is 38.2 Å². The highest BCUT2D eigenvalue weighted by Gasteiger charge is 2.24. The topological polar surface area (TPSA) is 50.0 Å². The van der Waals surface area contributed by atoms with Crippen LogP contribution in [0.3, 0.4) is 0 Å². The minimum atomic E-state index is 0.191. The standard InChI is InChI=1S/C52H54N2O4/c1-6-39-8-16-43(17-9-39)53(45-20-12-41(13-21-45)28-29-55-32-49-34-57-49)47-24-26-51(36(3)30-47)52-27-25-48(31-37(52)4)54(44-18-10-40(7-2)11-19-44)46-22-14-42(15-23-46)38(5)56-33-50-35-58-50/h8-27,30-31,49-50H,5-7,28-29,32-35H2,1-4H3. The lowest BCUT2D eigenvalue weighted by Crippen LogP contribution is -2.11. The van der Waals surface area contributed by atoms with Crippen LogP contribution in [0.15, 0.2) is 140 Å². The third kappa shape index (κ3) is 9.37. The highest BCUT2D eigenvalue weighted by molar-refractivity contribution is 5.83. The average Bonchev–Trinajstić information content (AvgIpc) is 4.21. The van der Waals surface area contributed by atoms with Crippen LogP contribution in [-0.4, -0.2) is 45.2 Å². The van der Waals surface area contributed by atoms with Gasteiger partial charge in [0.2, 0.25) is 0 Å². The number of hydrogen-bond donors (Lipinski definition) is 0. The van der Waals surface area contributed by atoms with Crippen LogP contribution in [0.1, 0.15) is 47.2 Å². The van der Waals surface area contributed by atoms with Crippen molar-refractivity contribution < 1.29 is 18.9 Å². The lowest BCUT2D eigenvalue weighted by molar-refractivity contribution is 0.119. The predicted octanol–water partition coefficient (Wildman–Crippen LogP) is 12.4. The van der Waals surface area contributed by atoms with E-state index in [1.165, 1.54) is 38.9 Å². The summed E-state index contributed by atoms with van der Waals surface area (Å²) < 4.78 is 22.3. The molecule has 8 rings (SSSR count). The minimum absolute atomic E-state index is 0.191. The van der Waals surface area contributed by atoms with Gasteiger partial charge in [-0.25, -0.2) is 0 Å². The van der Waals surface area contributed by atoms with E-state index in [0.29, 0.717) is 31.7 Å². The molecule has 0 saturated carbocycles. The normalized spacial score (nSPS) is 15.5. The monoisotopic (exact) mass is 770 g/mol. The highest BCUT2D eigenvalue weighted by atomic mass is 16.6. The van der Waals surface area contributed by atoms with E-state index in [-0.39, 0.29) is 6.10 Å². The number of ether oxygens (including phenoxy) is 4. The molecule has 2 saturated heterocycles. The van der Waals surface area contributed by atoms with E-state index in [1.807, 2.05) is 0 Å². The van der Waals surface area contributed by atoms with Crippen molar-refractivity contribution in [3.63, 3.8) is 0 Å². The van der Waals surface area contributed by atoms with Crippen LogP contribution < -0.4 is 9.80 Å². The first kappa shape index (κ1) is 39.2. The van der Waals surface area contributed by atoms with Gasteiger partial charge in [0.1, 0.15) is 24.6 Å². The molecule has 296 valence electrons. The molecule has 58 heavy (non-hydrogen) atoms. The molecule has 6 aromatic carbocycles. The maximum atomic E-state index is 5.89. The molecule has 6 heteroatoms. The average molecular weight is 771 g/mol. The van der Waals surface area contributed by atoms with Crippen molar-refractivity contribution in [3.8, 4) is 11.1 Å². The highest BCUT2D eigenvalue weighted by Crippen LogP contribution is 2.41. The molecule has 0 N–H and O–H groups in total. The van der Waals surface area contributed by atoms with Gasteiger partial charge >= 0.3 is 0 Å². The quantitative estimate of drug-likeness (QED) is 0.0493. The Bertz CT molecular complexity index is 2310. The molecule has 0 radical (unpaired) electrons. The van der Waals surface area contributed by atoms with Crippen LogP contribution in [0, 0.1) is 13.8 Å². The number of anilines is 6. The Hall–Kier alpha value is -5.66. The van der Waals surface area contributed by atoms with Gasteiger partial charge < -0.3 is 28.7 Å². The molecule has 2 aliphatic heterocycles. The number of aryl methyl sites for hydroxylation is 4. The third-order valence-electron chi connectivity index (χ3n) is 11.2. The minimum Gasteiger partial charge on any atom is -0.491 e. The van der Waals surface area contributed by atoms with Crippen molar-refractivity contribution >= 4 is 39.9 Å². The molecular formula is C52H54N2O4. The van der Waals surface area contributed by atoms with Crippen LogP contribution in [0.2, 0.25) is 0 Å². The van der Waals surface area contributed by atoms with Crippen LogP contribution in [0.25, 0.3) is 16.9 Å². The zero-order valence-electron chi connectivity index (χ0n) is 34.2. The zero-order chi connectivity index (χ0) is 40.0. The van der Waals surface area contributed by atoms with Crippen molar-refractivity contribution in [2.24, 2.45) is 0 Å². The second-order valence-electron chi connectivity index (χ2n) is 15.4. The van der Waals surface area contributed by atoms with E-state index >= 15 is 0 Å². The molecule has 2 fully saturated rings. The summed E-state index contributed by atoms with van der Waals surface area (Å²) in [7, 11) is 0. The smallest absolute Gasteiger partial charge is 0.119 e. The fraction of sp³-hybridized carbons (Fsp3) is 0.269. The molecule has 0 aliphatic carbocycles. The molecule has 0 spiro atoms. The summed E-state index contributed by atoms with van der Waals surface area (Å²) >= 11 is 0. The predicted molar refractivity (Wildman–Crippen MR) is 238 cm³/mol. The summed E-state index contributed by atoms with van der Waals surface area (Å²) in [4.78, 5) is 4.67. The Morgan fingerprint density at radius 3 is 1.36 bits per heavy atom. The van der Waals surface area contributed by atoms with Gasteiger partial charge in [0.15, 0.2) is 0 Å². The maximum absolute atomic E-state index is 5.89. The van der Waals surface area contributed by atoms with E-state index in [4.69, 9.17) is 18.9 Å². The summed E-state index contributed by atoms with van der Waals surface area (Å²) in [5, 5.41) is 0. The molecule has 2 heterocycles.